The maximum absolute atomic E-state index is 12.5. The highest BCUT2D eigenvalue weighted by Gasteiger charge is 2.14. The second kappa shape index (κ2) is 8.87. The van der Waals surface area contributed by atoms with Crippen LogP contribution in [0.1, 0.15) is 38.6 Å². The maximum atomic E-state index is 12.5. The van der Waals surface area contributed by atoms with Crippen molar-refractivity contribution in [3.8, 4) is 5.75 Å². The van der Waals surface area contributed by atoms with Gasteiger partial charge in [0.1, 0.15) is 24.4 Å². The fourth-order valence-corrected chi connectivity index (χ4v) is 3.06. The minimum Gasteiger partial charge on any atom is -0.485 e. The average molecular weight is 416 g/mol. The first-order valence-corrected chi connectivity index (χ1v) is 10.0. The Labute approximate surface area is 180 Å². The fourth-order valence-electron chi connectivity index (χ4n) is 3.06. The van der Waals surface area contributed by atoms with Gasteiger partial charge in [-0.1, -0.05) is 42.0 Å². The summed E-state index contributed by atoms with van der Waals surface area (Å²) in [5.74, 6) is 1.34. The first-order valence-electron chi connectivity index (χ1n) is 10.0. The highest BCUT2D eigenvalue weighted by molar-refractivity contribution is 6.01. The molecular formula is C24H24N4O3. The van der Waals surface area contributed by atoms with Gasteiger partial charge >= 0.3 is 0 Å². The van der Waals surface area contributed by atoms with E-state index in [1.165, 1.54) is 5.56 Å². The minimum absolute atomic E-state index is 0.175. The molecule has 0 saturated heterocycles. The molecule has 2 aromatic heterocycles. The number of carbonyl (C=O) groups excluding carboxylic acids is 1. The van der Waals surface area contributed by atoms with Crippen LogP contribution in [0.5, 0.6) is 5.75 Å². The van der Waals surface area contributed by atoms with Gasteiger partial charge in [-0.2, -0.15) is 0 Å². The van der Waals surface area contributed by atoms with Gasteiger partial charge in [0.2, 0.25) is 5.95 Å². The number of furan rings is 1. The Bertz CT molecular complexity index is 1190. The molecule has 1 N–H and O–H groups in total. The number of hydrogen-bond acceptors (Lipinski definition) is 5. The Morgan fingerprint density at radius 3 is 2.61 bits per heavy atom. The number of amides is 1. The lowest BCUT2D eigenvalue weighted by molar-refractivity contribution is 0.0991. The van der Waals surface area contributed by atoms with E-state index in [-0.39, 0.29) is 18.3 Å². The summed E-state index contributed by atoms with van der Waals surface area (Å²) in [7, 11) is 0. The molecule has 7 heteroatoms. The summed E-state index contributed by atoms with van der Waals surface area (Å²) in [5, 5.41) is 6.96. The topological polar surface area (TPSA) is 82.2 Å². The van der Waals surface area contributed by atoms with Gasteiger partial charge in [-0.15, -0.1) is 5.10 Å². The summed E-state index contributed by atoms with van der Waals surface area (Å²) in [6.07, 6.45) is 1.58. The predicted octanol–water partition coefficient (Wildman–Crippen LogP) is 4.68. The zero-order chi connectivity index (χ0) is 21.8. The number of nitrogens with zero attached hydrogens (tertiary/aromatic N) is 3. The van der Waals surface area contributed by atoms with Crippen LogP contribution in [-0.4, -0.2) is 20.7 Å². The smallest absolute Gasteiger partial charge is 0.293 e. The van der Waals surface area contributed by atoms with Crippen molar-refractivity contribution in [2.45, 2.75) is 33.9 Å². The van der Waals surface area contributed by atoms with Crippen molar-refractivity contribution in [1.29, 1.82) is 0 Å². The molecule has 0 atom stereocenters. The molecule has 1 amide bonds. The number of anilines is 1. The third-order valence-corrected chi connectivity index (χ3v) is 4.83. The summed E-state index contributed by atoms with van der Waals surface area (Å²) in [6, 6.07) is 17.5. The van der Waals surface area contributed by atoms with Crippen molar-refractivity contribution in [3.63, 3.8) is 0 Å². The van der Waals surface area contributed by atoms with E-state index in [4.69, 9.17) is 9.15 Å². The van der Waals surface area contributed by atoms with Crippen molar-refractivity contribution in [2.24, 2.45) is 0 Å². The van der Waals surface area contributed by atoms with Crippen LogP contribution in [0.3, 0.4) is 0 Å². The Balaban J connectivity index is 1.34. The molecule has 0 fully saturated rings. The Hall–Kier alpha value is -3.87. The van der Waals surface area contributed by atoms with Crippen LogP contribution in [-0.2, 0) is 13.2 Å². The molecule has 0 unspecified atom stereocenters. The van der Waals surface area contributed by atoms with Crippen LogP contribution in [0.25, 0.3) is 0 Å². The van der Waals surface area contributed by atoms with Crippen LogP contribution < -0.4 is 10.1 Å². The van der Waals surface area contributed by atoms with Gasteiger partial charge in [0.25, 0.3) is 5.91 Å². The van der Waals surface area contributed by atoms with E-state index in [9.17, 15) is 4.79 Å². The summed E-state index contributed by atoms with van der Waals surface area (Å²) in [5.41, 5.74) is 4.47. The largest absolute Gasteiger partial charge is 0.485 e. The third kappa shape index (κ3) is 5.19. The van der Waals surface area contributed by atoms with Gasteiger partial charge in [-0.25, -0.2) is 9.67 Å². The van der Waals surface area contributed by atoms with E-state index in [1.807, 2.05) is 63.2 Å². The van der Waals surface area contributed by atoms with E-state index in [2.05, 4.69) is 15.4 Å². The first kappa shape index (κ1) is 20.4. The van der Waals surface area contributed by atoms with E-state index in [1.54, 1.807) is 23.1 Å². The number of rotatable bonds is 7. The van der Waals surface area contributed by atoms with Gasteiger partial charge in [0.05, 0.1) is 6.54 Å². The Kier molecular flexibility index (Phi) is 5.84. The minimum atomic E-state index is -0.411. The maximum Gasteiger partial charge on any atom is 0.293 e. The zero-order valence-electron chi connectivity index (χ0n) is 17.8. The zero-order valence-corrected chi connectivity index (χ0v) is 17.8. The molecule has 0 radical (unpaired) electrons. The molecule has 0 aliphatic carbocycles. The molecule has 2 heterocycles. The van der Waals surface area contributed by atoms with Crippen LogP contribution >= 0.6 is 0 Å². The number of aryl methyl sites for hydroxylation is 3. The van der Waals surface area contributed by atoms with E-state index in [0.29, 0.717) is 12.3 Å². The van der Waals surface area contributed by atoms with Gasteiger partial charge in [0.15, 0.2) is 5.76 Å². The second-order valence-corrected chi connectivity index (χ2v) is 7.53. The standard InChI is InChI=1S/C24H24N4O3/c1-16-5-8-19(9-6-16)13-28-15-25-24(27-28)26-23(29)21-11-10-20(31-21)14-30-22-12-17(2)4-7-18(22)3/h4-12,15H,13-14H2,1-3H3,(H,26,27,29). The molecule has 7 nitrogen and oxygen atoms in total. The van der Waals surface area contributed by atoms with Gasteiger partial charge in [-0.3, -0.25) is 10.1 Å². The number of aromatic nitrogens is 3. The second-order valence-electron chi connectivity index (χ2n) is 7.53. The molecule has 0 aliphatic rings. The van der Waals surface area contributed by atoms with Crippen molar-refractivity contribution in [1.82, 2.24) is 14.8 Å². The highest BCUT2D eigenvalue weighted by Crippen LogP contribution is 2.21. The summed E-state index contributed by atoms with van der Waals surface area (Å²) < 4.78 is 13.1. The first-order chi connectivity index (χ1) is 15.0. The molecule has 4 rings (SSSR count). The number of ether oxygens (including phenoxy) is 1. The number of hydrogen-bond donors (Lipinski definition) is 1. The quantitative estimate of drug-likeness (QED) is 0.473. The van der Waals surface area contributed by atoms with E-state index < -0.39 is 5.91 Å². The third-order valence-electron chi connectivity index (χ3n) is 4.83. The molecule has 2 aromatic carbocycles. The predicted molar refractivity (Wildman–Crippen MR) is 117 cm³/mol. The Morgan fingerprint density at radius 1 is 1.03 bits per heavy atom. The lowest BCUT2D eigenvalue weighted by Gasteiger charge is -2.08. The summed E-state index contributed by atoms with van der Waals surface area (Å²) in [4.78, 5) is 16.6. The molecule has 158 valence electrons. The van der Waals surface area contributed by atoms with Crippen molar-refractivity contribution < 1.29 is 13.9 Å². The van der Waals surface area contributed by atoms with Crippen molar-refractivity contribution >= 4 is 11.9 Å². The van der Waals surface area contributed by atoms with Crippen LogP contribution in [0.15, 0.2) is 65.3 Å². The van der Waals surface area contributed by atoms with Crippen LogP contribution in [0.2, 0.25) is 0 Å². The van der Waals surface area contributed by atoms with E-state index >= 15 is 0 Å². The van der Waals surface area contributed by atoms with Crippen LogP contribution in [0, 0.1) is 20.8 Å². The number of benzene rings is 2. The summed E-state index contributed by atoms with van der Waals surface area (Å²) in [6.45, 7) is 6.85. The number of nitrogens with one attached hydrogen (secondary N) is 1. The molecule has 0 aliphatic heterocycles. The van der Waals surface area contributed by atoms with Crippen LogP contribution in [0.4, 0.5) is 5.95 Å². The lowest BCUT2D eigenvalue weighted by Crippen LogP contribution is -2.12. The van der Waals surface area contributed by atoms with Gasteiger partial charge in [-0.05, 0) is 55.7 Å². The van der Waals surface area contributed by atoms with Crippen molar-refractivity contribution in [2.75, 3.05) is 5.32 Å². The van der Waals surface area contributed by atoms with E-state index in [0.717, 1.165) is 22.4 Å². The Morgan fingerprint density at radius 2 is 1.81 bits per heavy atom. The molecule has 4 aromatic rings. The molecule has 0 spiro atoms. The molecular weight excluding hydrogens is 392 g/mol. The lowest BCUT2D eigenvalue weighted by atomic mass is 10.1. The fraction of sp³-hybridized carbons (Fsp3) is 0.208. The SMILES string of the molecule is Cc1ccc(Cn2cnc(NC(=O)c3ccc(COc4cc(C)ccc4C)o3)n2)cc1. The number of carbonyl (C=O) groups is 1. The summed E-state index contributed by atoms with van der Waals surface area (Å²) >= 11 is 0. The van der Waals surface area contributed by atoms with Gasteiger partial charge in [0, 0.05) is 0 Å². The van der Waals surface area contributed by atoms with Gasteiger partial charge < -0.3 is 9.15 Å². The normalized spacial score (nSPS) is 10.8. The van der Waals surface area contributed by atoms with Crippen molar-refractivity contribution in [3.05, 3.63) is 94.7 Å². The highest BCUT2D eigenvalue weighted by atomic mass is 16.5. The molecule has 0 saturated carbocycles. The monoisotopic (exact) mass is 416 g/mol. The molecule has 31 heavy (non-hydrogen) atoms. The average Bonchev–Trinajstić information content (AvgIpc) is 3.40. The molecule has 0 bridgehead atoms.